The number of hydrogen-bond acceptors (Lipinski definition) is 0. The number of H-pyrrole nitrogens is 1. The van der Waals surface area contributed by atoms with Gasteiger partial charge in [-0.05, 0) is 12.5 Å². The fraction of sp³-hybridized carbons (Fsp3) is 0.429. The molecular weight excluding hydrogens is 117 g/mol. The van der Waals surface area contributed by atoms with Crippen LogP contribution in [-0.2, 0) is 6.42 Å². The third kappa shape index (κ3) is 1.31. The molecule has 0 fully saturated rings. The molecule has 1 heterocycles. The summed E-state index contributed by atoms with van der Waals surface area (Å²) in [6.45, 7) is 2.03. The van der Waals surface area contributed by atoms with Gasteiger partial charge in [0.2, 0.25) is 0 Å². The maximum absolute atomic E-state index is 12.5. The van der Waals surface area contributed by atoms with Crippen LogP contribution in [0.25, 0.3) is 0 Å². The fourth-order valence-corrected chi connectivity index (χ4v) is 0.844. The van der Waals surface area contributed by atoms with Crippen molar-refractivity contribution in [3.8, 4) is 0 Å². The molecule has 0 saturated carbocycles. The minimum atomic E-state index is -0.183. The predicted octanol–water partition coefficient (Wildman–Crippen LogP) is 2.11. The van der Waals surface area contributed by atoms with Crippen molar-refractivity contribution >= 4 is 0 Å². The molecule has 0 spiro atoms. The Hall–Kier alpha value is -0.790. The summed E-state index contributed by atoms with van der Waals surface area (Å²) in [7, 11) is 0. The molecule has 1 nitrogen and oxygen atoms in total. The Labute approximate surface area is 53.9 Å². The molecule has 50 valence electrons. The molecule has 9 heavy (non-hydrogen) atoms. The summed E-state index contributed by atoms with van der Waals surface area (Å²) >= 11 is 0. The molecule has 0 aliphatic heterocycles. The van der Waals surface area contributed by atoms with Gasteiger partial charge >= 0.3 is 0 Å². The average molecular weight is 127 g/mol. The van der Waals surface area contributed by atoms with E-state index in [1.165, 1.54) is 0 Å². The van der Waals surface area contributed by atoms with Gasteiger partial charge in [-0.25, -0.2) is 0 Å². The maximum atomic E-state index is 12.5. The molecule has 0 unspecified atom stereocenters. The fourth-order valence-electron chi connectivity index (χ4n) is 0.844. The maximum Gasteiger partial charge on any atom is 0.194 e. The van der Waals surface area contributed by atoms with Crippen LogP contribution < -0.4 is 0 Å². The molecule has 1 rings (SSSR count). The van der Waals surface area contributed by atoms with Crippen molar-refractivity contribution in [1.29, 1.82) is 0 Å². The van der Waals surface area contributed by atoms with Gasteiger partial charge in [-0.1, -0.05) is 13.3 Å². The smallest absolute Gasteiger partial charge is 0.194 e. The second kappa shape index (κ2) is 2.67. The molecule has 0 radical (unpaired) electrons. The van der Waals surface area contributed by atoms with Crippen LogP contribution in [0.4, 0.5) is 4.39 Å². The van der Waals surface area contributed by atoms with Crippen LogP contribution in [-0.4, -0.2) is 4.98 Å². The zero-order chi connectivity index (χ0) is 6.69. The summed E-state index contributed by atoms with van der Waals surface area (Å²) in [6.07, 6.45) is 3.45. The molecule has 0 bridgehead atoms. The van der Waals surface area contributed by atoms with Crippen LogP contribution in [0.15, 0.2) is 12.3 Å². The van der Waals surface area contributed by atoms with E-state index in [9.17, 15) is 4.39 Å². The van der Waals surface area contributed by atoms with E-state index in [1.54, 1.807) is 12.3 Å². The number of aromatic nitrogens is 1. The molecule has 0 aliphatic carbocycles. The third-order valence-corrected chi connectivity index (χ3v) is 1.30. The summed E-state index contributed by atoms with van der Waals surface area (Å²) in [4.78, 5) is 2.49. The van der Waals surface area contributed by atoms with E-state index < -0.39 is 0 Å². The number of aromatic amines is 1. The van der Waals surface area contributed by atoms with Gasteiger partial charge < -0.3 is 4.98 Å². The average Bonchev–Trinajstić information content (AvgIpc) is 2.18. The number of rotatable bonds is 2. The summed E-state index contributed by atoms with van der Waals surface area (Å²) in [6, 6.07) is 1.78. The highest BCUT2D eigenvalue weighted by Crippen LogP contribution is 2.05. The lowest BCUT2D eigenvalue weighted by atomic mass is 10.2. The van der Waals surface area contributed by atoms with Crippen LogP contribution in [0.1, 0.15) is 18.9 Å². The lowest BCUT2D eigenvalue weighted by molar-refractivity contribution is 0.574. The lowest BCUT2D eigenvalue weighted by Crippen LogP contribution is -1.83. The van der Waals surface area contributed by atoms with E-state index >= 15 is 0 Å². The Morgan fingerprint density at radius 1 is 1.67 bits per heavy atom. The van der Waals surface area contributed by atoms with Crippen LogP contribution in [0.5, 0.6) is 0 Å². The van der Waals surface area contributed by atoms with Crippen molar-refractivity contribution in [2.45, 2.75) is 19.8 Å². The van der Waals surface area contributed by atoms with Gasteiger partial charge in [-0.2, -0.15) is 4.39 Å². The third-order valence-electron chi connectivity index (χ3n) is 1.30. The van der Waals surface area contributed by atoms with Crippen molar-refractivity contribution in [2.24, 2.45) is 0 Å². The number of halogens is 1. The van der Waals surface area contributed by atoms with Crippen molar-refractivity contribution in [1.82, 2.24) is 4.98 Å². The quantitative estimate of drug-likeness (QED) is 0.626. The van der Waals surface area contributed by atoms with E-state index in [4.69, 9.17) is 0 Å². The van der Waals surface area contributed by atoms with Crippen LogP contribution >= 0.6 is 0 Å². The number of hydrogen-bond donors (Lipinski definition) is 1. The molecule has 2 heteroatoms. The molecule has 0 amide bonds. The van der Waals surface area contributed by atoms with Gasteiger partial charge in [0.1, 0.15) is 0 Å². The predicted molar refractivity (Wildman–Crippen MR) is 34.7 cm³/mol. The Morgan fingerprint density at radius 3 is 2.89 bits per heavy atom. The van der Waals surface area contributed by atoms with Crippen molar-refractivity contribution < 1.29 is 4.39 Å². The van der Waals surface area contributed by atoms with Crippen molar-refractivity contribution in [2.75, 3.05) is 0 Å². The largest absolute Gasteiger partial charge is 0.338 e. The van der Waals surface area contributed by atoms with Gasteiger partial charge in [0, 0.05) is 11.8 Å². The van der Waals surface area contributed by atoms with E-state index in [1.807, 2.05) is 6.92 Å². The first-order valence-electron chi connectivity index (χ1n) is 3.16. The van der Waals surface area contributed by atoms with Crippen LogP contribution in [0.2, 0.25) is 0 Å². The summed E-state index contributed by atoms with van der Waals surface area (Å²) in [5.74, 6) is -0.183. The van der Waals surface area contributed by atoms with Gasteiger partial charge in [0.05, 0.1) is 0 Å². The Balaban J connectivity index is 2.69. The standard InChI is InChI=1S/C7H10FN/c1-2-3-6-4-5-9-7(6)8/h4-5,9H,2-3H2,1H3. The Kier molecular flexibility index (Phi) is 1.88. The molecule has 0 aromatic carbocycles. The van der Waals surface area contributed by atoms with Crippen molar-refractivity contribution in [3.63, 3.8) is 0 Å². The van der Waals surface area contributed by atoms with Gasteiger partial charge in [-0.15, -0.1) is 0 Å². The summed E-state index contributed by atoms with van der Waals surface area (Å²) in [5, 5.41) is 0. The van der Waals surface area contributed by atoms with Gasteiger partial charge in [0.15, 0.2) is 5.95 Å². The highest BCUT2D eigenvalue weighted by molar-refractivity contribution is 5.10. The summed E-state index contributed by atoms with van der Waals surface area (Å²) < 4.78 is 12.5. The topological polar surface area (TPSA) is 15.8 Å². The lowest BCUT2D eigenvalue weighted by Gasteiger charge is -1.89. The SMILES string of the molecule is CCCc1cc[nH]c1F. The first-order valence-corrected chi connectivity index (χ1v) is 3.16. The second-order valence-electron chi connectivity index (χ2n) is 2.07. The zero-order valence-corrected chi connectivity index (χ0v) is 5.45. The highest BCUT2D eigenvalue weighted by atomic mass is 19.1. The van der Waals surface area contributed by atoms with Gasteiger partial charge in [-0.3, -0.25) is 0 Å². The Bertz CT molecular complexity index is 181. The zero-order valence-electron chi connectivity index (χ0n) is 5.45. The van der Waals surface area contributed by atoms with E-state index in [2.05, 4.69) is 4.98 Å². The van der Waals surface area contributed by atoms with E-state index in [-0.39, 0.29) is 5.95 Å². The molecule has 0 aliphatic rings. The normalized spacial score (nSPS) is 10.0. The van der Waals surface area contributed by atoms with Crippen molar-refractivity contribution in [3.05, 3.63) is 23.8 Å². The molecule has 1 aromatic heterocycles. The monoisotopic (exact) mass is 127 g/mol. The number of nitrogens with one attached hydrogen (secondary N) is 1. The summed E-state index contributed by atoms with van der Waals surface area (Å²) in [5.41, 5.74) is 0.789. The Morgan fingerprint density at radius 2 is 2.44 bits per heavy atom. The molecule has 1 aromatic rings. The van der Waals surface area contributed by atoms with Crippen LogP contribution in [0, 0.1) is 5.95 Å². The minimum Gasteiger partial charge on any atom is -0.338 e. The molecule has 1 N–H and O–H groups in total. The first-order chi connectivity index (χ1) is 4.34. The first kappa shape index (κ1) is 6.33. The molecular formula is C7H10FN. The molecule has 0 saturated heterocycles. The molecule has 0 atom stereocenters. The van der Waals surface area contributed by atoms with Gasteiger partial charge in [0.25, 0.3) is 0 Å². The number of aryl methyl sites for hydroxylation is 1. The van der Waals surface area contributed by atoms with Crippen LogP contribution in [0.3, 0.4) is 0 Å². The van der Waals surface area contributed by atoms with E-state index in [0.717, 1.165) is 18.4 Å². The second-order valence-corrected chi connectivity index (χ2v) is 2.07. The van der Waals surface area contributed by atoms with E-state index in [0.29, 0.717) is 0 Å². The highest BCUT2D eigenvalue weighted by Gasteiger charge is 1.98. The minimum absolute atomic E-state index is 0.183.